The van der Waals surface area contributed by atoms with Crippen molar-refractivity contribution in [2.45, 2.75) is 13.8 Å². The van der Waals surface area contributed by atoms with E-state index in [1.807, 2.05) is 0 Å². The second-order valence-corrected chi connectivity index (χ2v) is 7.62. The third-order valence-electron chi connectivity index (χ3n) is 5.37. The Balaban J connectivity index is 1.86. The van der Waals surface area contributed by atoms with E-state index in [1.54, 1.807) is 13.8 Å². The highest BCUT2D eigenvalue weighted by Crippen LogP contribution is 2.26. The summed E-state index contributed by atoms with van der Waals surface area (Å²) >= 11 is 0. The number of rotatable bonds is 5. The number of carbonyl (C=O) groups excluding carboxylic acids is 2. The number of benzene rings is 3. The van der Waals surface area contributed by atoms with Crippen molar-refractivity contribution in [3.8, 4) is 0 Å². The zero-order valence-electron chi connectivity index (χ0n) is 18.8. The molecule has 0 aliphatic heterocycles. The van der Waals surface area contributed by atoms with Gasteiger partial charge in [0, 0.05) is 11.8 Å². The molecular formula is C27H19F3N2O3. The van der Waals surface area contributed by atoms with Crippen LogP contribution in [0.4, 0.5) is 13.2 Å². The number of aromatic nitrogens is 2. The molecule has 4 rings (SSSR count). The summed E-state index contributed by atoms with van der Waals surface area (Å²) in [5, 5.41) is 0. The number of hydrogen-bond donors (Lipinski definition) is 0. The van der Waals surface area contributed by atoms with Crippen LogP contribution in [0.5, 0.6) is 0 Å². The molecule has 8 heteroatoms. The molecule has 0 atom stereocenters. The number of halogens is 3. The Morgan fingerprint density at radius 3 is 1.80 bits per heavy atom. The summed E-state index contributed by atoms with van der Waals surface area (Å²) in [5.41, 5.74) is 0.207. The SMILES string of the molecule is Cc1nc(/C=C(/OC(=O)c2ccccc2F)c2ccccc2F)n(C(=O)c2ccccc2F)c1C. The summed E-state index contributed by atoms with van der Waals surface area (Å²) < 4.78 is 49.7. The minimum atomic E-state index is -1.07. The second-order valence-electron chi connectivity index (χ2n) is 7.62. The molecule has 35 heavy (non-hydrogen) atoms. The van der Waals surface area contributed by atoms with Crippen LogP contribution in [0.25, 0.3) is 11.8 Å². The van der Waals surface area contributed by atoms with Crippen LogP contribution in [0, 0.1) is 31.3 Å². The van der Waals surface area contributed by atoms with E-state index in [4.69, 9.17) is 4.74 Å². The zero-order valence-corrected chi connectivity index (χ0v) is 18.8. The first kappa shape index (κ1) is 23.7. The minimum absolute atomic E-state index is 0.0205. The van der Waals surface area contributed by atoms with Crippen LogP contribution in [-0.2, 0) is 4.74 Å². The highest BCUT2D eigenvalue weighted by Gasteiger charge is 2.23. The predicted molar refractivity (Wildman–Crippen MR) is 124 cm³/mol. The standard InChI is InChI=1S/C27H19F3N2O3/c1-16-17(2)32(26(33)19-10-4-7-13-22(19)29)25(31-16)15-24(18-9-3-6-12-21(18)28)35-27(34)20-11-5-8-14-23(20)30/h3-15H,1-2H3/b24-15+. The molecule has 176 valence electrons. The first-order valence-corrected chi connectivity index (χ1v) is 10.6. The second kappa shape index (κ2) is 9.80. The van der Waals surface area contributed by atoms with E-state index in [0.29, 0.717) is 11.4 Å². The van der Waals surface area contributed by atoms with Gasteiger partial charge in [0.2, 0.25) is 0 Å². The highest BCUT2D eigenvalue weighted by atomic mass is 19.1. The fraction of sp³-hybridized carbons (Fsp3) is 0.0741. The lowest BCUT2D eigenvalue weighted by atomic mass is 10.1. The Bertz CT molecular complexity index is 1470. The molecule has 0 saturated heterocycles. The van der Waals surface area contributed by atoms with Gasteiger partial charge in [-0.15, -0.1) is 0 Å². The Labute approximate surface area is 199 Å². The quantitative estimate of drug-likeness (QED) is 0.263. The van der Waals surface area contributed by atoms with Crippen LogP contribution in [-0.4, -0.2) is 21.4 Å². The maximum absolute atomic E-state index is 14.7. The van der Waals surface area contributed by atoms with Gasteiger partial charge in [0.05, 0.1) is 22.4 Å². The van der Waals surface area contributed by atoms with E-state index in [-0.39, 0.29) is 28.3 Å². The third kappa shape index (κ3) is 4.77. The van der Waals surface area contributed by atoms with Crippen LogP contribution in [0.1, 0.15) is 43.5 Å². The number of hydrogen-bond acceptors (Lipinski definition) is 4. The Hall–Kier alpha value is -4.46. The van der Waals surface area contributed by atoms with Gasteiger partial charge in [-0.25, -0.2) is 22.9 Å². The van der Waals surface area contributed by atoms with E-state index in [2.05, 4.69) is 4.98 Å². The van der Waals surface area contributed by atoms with Crippen molar-refractivity contribution in [3.63, 3.8) is 0 Å². The van der Waals surface area contributed by atoms with Crippen molar-refractivity contribution in [1.29, 1.82) is 0 Å². The van der Waals surface area contributed by atoms with E-state index >= 15 is 0 Å². The van der Waals surface area contributed by atoms with Crippen LogP contribution in [0.15, 0.2) is 72.8 Å². The topological polar surface area (TPSA) is 61.2 Å². The summed E-state index contributed by atoms with van der Waals surface area (Å²) in [5.74, 6) is -4.35. The van der Waals surface area contributed by atoms with E-state index in [1.165, 1.54) is 60.7 Å². The molecule has 0 fully saturated rings. The number of aryl methyl sites for hydroxylation is 1. The van der Waals surface area contributed by atoms with Gasteiger partial charge in [0.1, 0.15) is 29.0 Å². The molecule has 0 N–H and O–H groups in total. The molecular weight excluding hydrogens is 457 g/mol. The van der Waals surface area contributed by atoms with Gasteiger partial charge in [0.15, 0.2) is 0 Å². The molecule has 0 aliphatic rings. The Morgan fingerprint density at radius 1 is 0.771 bits per heavy atom. The summed E-state index contributed by atoms with van der Waals surface area (Å²) in [6.07, 6.45) is 1.19. The number of carbonyl (C=O) groups is 2. The van der Waals surface area contributed by atoms with Crippen LogP contribution >= 0.6 is 0 Å². The zero-order chi connectivity index (χ0) is 25.1. The van der Waals surface area contributed by atoms with Crippen LogP contribution in [0.2, 0.25) is 0 Å². The van der Waals surface area contributed by atoms with Gasteiger partial charge in [-0.2, -0.15) is 0 Å². The van der Waals surface area contributed by atoms with Crippen LogP contribution < -0.4 is 0 Å². The summed E-state index contributed by atoms with van der Waals surface area (Å²) in [7, 11) is 0. The third-order valence-corrected chi connectivity index (χ3v) is 5.37. The van der Waals surface area contributed by atoms with Gasteiger partial charge in [-0.1, -0.05) is 36.4 Å². The summed E-state index contributed by atoms with van der Waals surface area (Å²) in [4.78, 5) is 30.3. The van der Waals surface area contributed by atoms with Crippen molar-refractivity contribution >= 4 is 23.7 Å². The van der Waals surface area contributed by atoms with Crippen molar-refractivity contribution < 1.29 is 27.5 Å². The monoisotopic (exact) mass is 476 g/mol. The first-order chi connectivity index (χ1) is 16.8. The maximum Gasteiger partial charge on any atom is 0.346 e. The minimum Gasteiger partial charge on any atom is -0.422 e. The van der Waals surface area contributed by atoms with Gasteiger partial charge in [0.25, 0.3) is 5.91 Å². The molecule has 0 saturated carbocycles. The van der Waals surface area contributed by atoms with Crippen LogP contribution in [0.3, 0.4) is 0 Å². The molecule has 0 radical (unpaired) electrons. The number of ether oxygens (including phenoxy) is 1. The lowest BCUT2D eigenvalue weighted by Gasteiger charge is -2.12. The number of esters is 1. The van der Waals surface area contributed by atoms with Crippen molar-refractivity contribution in [2.24, 2.45) is 0 Å². The molecule has 1 aromatic heterocycles. The van der Waals surface area contributed by atoms with Crippen molar-refractivity contribution in [1.82, 2.24) is 9.55 Å². The van der Waals surface area contributed by atoms with Gasteiger partial charge < -0.3 is 4.74 Å². The van der Waals surface area contributed by atoms with E-state index in [9.17, 15) is 22.8 Å². The Morgan fingerprint density at radius 2 is 1.26 bits per heavy atom. The summed E-state index contributed by atoms with van der Waals surface area (Å²) in [6.45, 7) is 3.26. The molecule has 0 bridgehead atoms. The normalized spacial score (nSPS) is 11.4. The average Bonchev–Trinajstić information content (AvgIpc) is 3.11. The molecule has 1 heterocycles. The van der Waals surface area contributed by atoms with Gasteiger partial charge in [-0.3, -0.25) is 9.36 Å². The smallest absolute Gasteiger partial charge is 0.346 e. The number of imidazole rings is 1. The number of nitrogens with zero attached hydrogens (tertiary/aromatic N) is 2. The largest absolute Gasteiger partial charge is 0.422 e. The molecule has 0 spiro atoms. The first-order valence-electron chi connectivity index (χ1n) is 10.6. The van der Waals surface area contributed by atoms with Gasteiger partial charge in [-0.05, 0) is 50.2 Å². The highest BCUT2D eigenvalue weighted by molar-refractivity contribution is 5.99. The average molecular weight is 476 g/mol. The lowest BCUT2D eigenvalue weighted by molar-refractivity contribution is 0.0688. The van der Waals surface area contributed by atoms with E-state index < -0.39 is 29.3 Å². The molecule has 3 aromatic carbocycles. The molecule has 4 aromatic rings. The van der Waals surface area contributed by atoms with Crippen molar-refractivity contribution in [2.75, 3.05) is 0 Å². The Kier molecular flexibility index (Phi) is 6.64. The maximum atomic E-state index is 14.7. The van der Waals surface area contributed by atoms with Gasteiger partial charge >= 0.3 is 5.97 Å². The molecule has 5 nitrogen and oxygen atoms in total. The lowest BCUT2D eigenvalue weighted by Crippen LogP contribution is -2.17. The molecule has 0 unspecified atom stereocenters. The molecule has 0 aliphatic carbocycles. The fourth-order valence-corrected chi connectivity index (χ4v) is 3.47. The molecule has 0 amide bonds. The summed E-state index contributed by atoms with van der Waals surface area (Å²) in [6, 6.07) is 16.2. The van der Waals surface area contributed by atoms with E-state index in [0.717, 1.165) is 22.8 Å². The fourth-order valence-electron chi connectivity index (χ4n) is 3.47. The predicted octanol–water partition coefficient (Wildman–Crippen LogP) is 5.96. The van der Waals surface area contributed by atoms with Crippen molar-refractivity contribution in [3.05, 3.63) is 124 Å².